The van der Waals surface area contributed by atoms with Crippen LogP contribution in [-0.2, 0) is 5.41 Å². The average Bonchev–Trinajstić information content (AvgIpc) is 2.42. The zero-order valence-electron chi connectivity index (χ0n) is 12.7. The molecule has 0 radical (unpaired) electrons. The topological polar surface area (TPSA) is 0 Å². The van der Waals surface area contributed by atoms with E-state index >= 15 is 0 Å². The van der Waals surface area contributed by atoms with Gasteiger partial charge < -0.3 is 0 Å². The van der Waals surface area contributed by atoms with Crippen LogP contribution in [-0.4, -0.2) is 0 Å². The summed E-state index contributed by atoms with van der Waals surface area (Å²) in [6, 6.07) is 10.2. The molecule has 0 bridgehead atoms. The molecule has 1 unspecified atom stereocenters. The molecule has 0 heterocycles. The van der Waals surface area contributed by atoms with Crippen molar-refractivity contribution in [2.45, 2.75) is 38.5 Å². The van der Waals surface area contributed by atoms with Crippen molar-refractivity contribution < 1.29 is 8.78 Å². The van der Waals surface area contributed by atoms with E-state index in [0.29, 0.717) is 11.1 Å². The third kappa shape index (κ3) is 3.26. The first kappa shape index (κ1) is 16.0. The van der Waals surface area contributed by atoms with E-state index in [4.69, 9.17) is 11.6 Å². The predicted molar refractivity (Wildman–Crippen MR) is 83.9 cm³/mol. The van der Waals surface area contributed by atoms with Crippen molar-refractivity contribution >= 4 is 11.6 Å². The van der Waals surface area contributed by atoms with E-state index in [1.54, 1.807) is 6.92 Å². The Hall–Kier alpha value is -1.41. The first-order chi connectivity index (χ1) is 9.71. The largest absolute Gasteiger partial charge is 0.207 e. The van der Waals surface area contributed by atoms with Crippen LogP contribution in [0.3, 0.4) is 0 Å². The Balaban J connectivity index is 2.41. The Morgan fingerprint density at radius 2 is 1.52 bits per heavy atom. The summed E-state index contributed by atoms with van der Waals surface area (Å²) in [6.07, 6.45) is 0. The van der Waals surface area contributed by atoms with Crippen molar-refractivity contribution in [3.8, 4) is 0 Å². The number of alkyl halides is 1. The van der Waals surface area contributed by atoms with Crippen molar-refractivity contribution in [3.63, 3.8) is 0 Å². The summed E-state index contributed by atoms with van der Waals surface area (Å²) in [5.74, 6) is -1.19. The molecule has 0 fully saturated rings. The summed E-state index contributed by atoms with van der Waals surface area (Å²) in [4.78, 5) is 0. The normalized spacial score (nSPS) is 13.3. The van der Waals surface area contributed by atoms with Crippen LogP contribution in [0, 0.1) is 18.6 Å². The third-order valence-corrected chi connectivity index (χ3v) is 4.11. The molecule has 1 atom stereocenters. The van der Waals surface area contributed by atoms with Crippen LogP contribution < -0.4 is 0 Å². The minimum absolute atomic E-state index is 0.0280. The second-order valence-electron chi connectivity index (χ2n) is 6.33. The van der Waals surface area contributed by atoms with Gasteiger partial charge in [-0.15, -0.1) is 11.6 Å². The molecule has 2 aromatic rings. The van der Waals surface area contributed by atoms with Crippen LogP contribution in [0.1, 0.15) is 48.4 Å². The molecule has 0 nitrogen and oxygen atoms in total. The van der Waals surface area contributed by atoms with Gasteiger partial charge in [0.15, 0.2) is 0 Å². The predicted octanol–water partition coefficient (Wildman–Crippen LogP) is 5.90. The van der Waals surface area contributed by atoms with E-state index in [0.717, 1.165) is 5.56 Å². The van der Waals surface area contributed by atoms with Crippen molar-refractivity contribution in [1.29, 1.82) is 0 Å². The monoisotopic (exact) mass is 308 g/mol. The minimum atomic E-state index is -0.834. The standard InChI is InChI=1S/C18H19ClF2/c1-11-5-10-14(20)15(17(11)21)16(19)12-6-8-13(9-7-12)18(2,3)4/h5-10,16H,1-4H3. The highest BCUT2D eigenvalue weighted by molar-refractivity contribution is 6.22. The third-order valence-electron chi connectivity index (χ3n) is 3.64. The molecule has 0 aliphatic heterocycles. The molecule has 0 saturated heterocycles. The Morgan fingerprint density at radius 1 is 0.952 bits per heavy atom. The van der Waals surface area contributed by atoms with Crippen LogP contribution in [0.25, 0.3) is 0 Å². The molecule has 2 rings (SSSR count). The van der Waals surface area contributed by atoms with E-state index in [-0.39, 0.29) is 11.0 Å². The second-order valence-corrected chi connectivity index (χ2v) is 6.76. The lowest BCUT2D eigenvalue weighted by Gasteiger charge is -2.20. The lowest BCUT2D eigenvalue weighted by atomic mass is 9.86. The zero-order valence-corrected chi connectivity index (χ0v) is 13.4. The smallest absolute Gasteiger partial charge is 0.134 e. The van der Waals surface area contributed by atoms with Gasteiger partial charge in [0.2, 0.25) is 0 Å². The fourth-order valence-electron chi connectivity index (χ4n) is 2.23. The number of hydrogen-bond donors (Lipinski definition) is 0. The van der Waals surface area contributed by atoms with E-state index < -0.39 is 17.0 Å². The maximum Gasteiger partial charge on any atom is 0.134 e. The van der Waals surface area contributed by atoms with Crippen LogP contribution in [0.15, 0.2) is 36.4 Å². The van der Waals surface area contributed by atoms with Crippen molar-refractivity contribution in [3.05, 3.63) is 70.3 Å². The number of hydrogen-bond acceptors (Lipinski definition) is 0. The molecule has 0 amide bonds. The molecular formula is C18H19ClF2. The number of aryl methyl sites for hydroxylation is 1. The fourth-order valence-corrected chi connectivity index (χ4v) is 2.57. The van der Waals surface area contributed by atoms with Gasteiger partial charge in [-0.2, -0.15) is 0 Å². The molecule has 0 N–H and O–H groups in total. The van der Waals surface area contributed by atoms with Crippen molar-refractivity contribution in [2.75, 3.05) is 0 Å². The maximum absolute atomic E-state index is 14.1. The van der Waals surface area contributed by atoms with Gasteiger partial charge in [0.05, 0.1) is 5.38 Å². The quantitative estimate of drug-likeness (QED) is 0.606. The molecule has 0 saturated carbocycles. The Kier molecular flexibility index (Phi) is 4.38. The Labute approximate surface area is 129 Å². The average molecular weight is 309 g/mol. The molecule has 0 aliphatic rings. The van der Waals surface area contributed by atoms with E-state index in [2.05, 4.69) is 20.8 Å². The van der Waals surface area contributed by atoms with Gasteiger partial charge in [-0.1, -0.05) is 51.1 Å². The van der Waals surface area contributed by atoms with E-state index in [1.807, 2.05) is 24.3 Å². The SMILES string of the molecule is Cc1ccc(F)c(C(Cl)c2ccc(C(C)(C)C)cc2)c1F. The fraction of sp³-hybridized carbons (Fsp3) is 0.333. The number of benzene rings is 2. The van der Waals surface area contributed by atoms with Crippen molar-refractivity contribution in [2.24, 2.45) is 0 Å². The van der Waals surface area contributed by atoms with Gasteiger partial charge in [-0.05, 0) is 35.1 Å². The van der Waals surface area contributed by atoms with Crippen LogP contribution in [0.4, 0.5) is 8.78 Å². The van der Waals surface area contributed by atoms with Gasteiger partial charge in [-0.25, -0.2) is 8.78 Å². The molecular weight excluding hydrogens is 290 g/mol. The Bertz CT molecular complexity index is 640. The Morgan fingerprint density at radius 3 is 2.05 bits per heavy atom. The molecule has 21 heavy (non-hydrogen) atoms. The van der Waals surface area contributed by atoms with Gasteiger partial charge in [0, 0.05) is 5.56 Å². The minimum Gasteiger partial charge on any atom is -0.207 e. The first-order valence-electron chi connectivity index (χ1n) is 6.91. The lowest BCUT2D eigenvalue weighted by molar-refractivity contribution is 0.553. The first-order valence-corrected chi connectivity index (χ1v) is 7.34. The highest BCUT2D eigenvalue weighted by Crippen LogP contribution is 2.34. The highest BCUT2D eigenvalue weighted by atomic mass is 35.5. The zero-order chi connectivity index (χ0) is 15.8. The molecule has 112 valence electrons. The van der Waals surface area contributed by atoms with Crippen LogP contribution in [0.5, 0.6) is 0 Å². The summed E-state index contributed by atoms with van der Waals surface area (Å²) in [7, 11) is 0. The summed E-state index contributed by atoms with van der Waals surface area (Å²) < 4.78 is 28.1. The van der Waals surface area contributed by atoms with Crippen LogP contribution >= 0.6 is 11.6 Å². The lowest BCUT2D eigenvalue weighted by Crippen LogP contribution is -2.11. The highest BCUT2D eigenvalue weighted by Gasteiger charge is 2.22. The summed E-state index contributed by atoms with van der Waals surface area (Å²) in [5.41, 5.74) is 2.18. The van der Waals surface area contributed by atoms with Gasteiger partial charge in [0.1, 0.15) is 11.6 Å². The number of halogens is 3. The second kappa shape index (κ2) is 5.76. The molecule has 0 spiro atoms. The summed E-state index contributed by atoms with van der Waals surface area (Å²) in [6.45, 7) is 7.94. The number of rotatable bonds is 2. The van der Waals surface area contributed by atoms with Gasteiger partial charge in [0.25, 0.3) is 0 Å². The van der Waals surface area contributed by atoms with E-state index in [1.165, 1.54) is 12.1 Å². The summed E-state index contributed by atoms with van der Waals surface area (Å²) >= 11 is 6.30. The summed E-state index contributed by atoms with van der Waals surface area (Å²) in [5, 5.41) is -0.834. The van der Waals surface area contributed by atoms with Gasteiger partial charge >= 0.3 is 0 Å². The molecule has 0 aliphatic carbocycles. The van der Waals surface area contributed by atoms with Crippen LogP contribution in [0.2, 0.25) is 0 Å². The molecule has 0 aromatic heterocycles. The molecule has 3 heteroatoms. The maximum atomic E-state index is 14.1. The van der Waals surface area contributed by atoms with E-state index in [9.17, 15) is 8.78 Å². The van der Waals surface area contributed by atoms with Gasteiger partial charge in [-0.3, -0.25) is 0 Å². The molecule has 2 aromatic carbocycles. The van der Waals surface area contributed by atoms with Crippen molar-refractivity contribution in [1.82, 2.24) is 0 Å².